The summed E-state index contributed by atoms with van der Waals surface area (Å²) in [6.07, 6.45) is 3.21. The van der Waals surface area contributed by atoms with E-state index >= 15 is 0 Å². The number of aliphatic hydroxyl groups is 1. The molecule has 0 saturated heterocycles. The maximum atomic E-state index is 12.8. The van der Waals surface area contributed by atoms with Gasteiger partial charge in [-0.3, -0.25) is 4.98 Å². The molecule has 0 radical (unpaired) electrons. The van der Waals surface area contributed by atoms with E-state index in [4.69, 9.17) is 5.11 Å². The first-order chi connectivity index (χ1) is 14.8. The van der Waals surface area contributed by atoms with Gasteiger partial charge in [0.15, 0.2) is 0 Å². The fourth-order valence-corrected chi connectivity index (χ4v) is 4.27. The summed E-state index contributed by atoms with van der Waals surface area (Å²) in [6.45, 7) is 0.953. The number of benzene rings is 2. The zero-order valence-corrected chi connectivity index (χ0v) is 19.7. The van der Waals surface area contributed by atoms with Gasteiger partial charge in [-0.25, -0.2) is 13.2 Å². The fraction of sp³-hybridized carbons (Fsp3) is 0.182. The van der Waals surface area contributed by atoms with Crippen LogP contribution in [0.3, 0.4) is 0 Å². The Morgan fingerprint density at radius 3 is 2.30 bits per heavy atom. The van der Waals surface area contributed by atoms with Crippen molar-refractivity contribution in [2.45, 2.75) is 22.3 Å². The highest BCUT2D eigenvalue weighted by molar-refractivity contribution is 7.91. The van der Waals surface area contributed by atoms with Crippen LogP contribution >= 0.6 is 24.8 Å². The van der Waals surface area contributed by atoms with Gasteiger partial charge in [-0.15, -0.1) is 24.8 Å². The Morgan fingerprint density at radius 1 is 1.03 bits per heavy atom. The van der Waals surface area contributed by atoms with E-state index in [1.165, 1.54) is 18.2 Å². The molecule has 0 aliphatic carbocycles. The van der Waals surface area contributed by atoms with Crippen LogP contribution in [0.1, 0.15) is 27.6 Å². The largest absolute Gasteiger partial charge is 0.507 e. The van der Waals surface area contributed by atoms with Gasteiger partial charge in [-0.2, -0.15) is 0 Å². The number of sulfone groups is 1. The molecule has 4 N–H and O–H groups in total. The van der Waals surface area contributed by atoms with E-state index in [1.54, 1.807) is 36.7 Å². The van der Waals surface area contributed by atoms with Crippen LogP contribution in [0.25, 0.3) is 0 Å². The van der Waals surface area contributed by atoms with E-state index in [0.29, 0.717) is 19.5 Å². The van der Waals surface area contributed by atoms with Gasteiger partial charge in [-0.05, 0) is 54.9 Å². The molecule has 3 rings (SSSR count). The molecule has 11 heteroatoms. The number of aromatic nitrogens is 1. The zero-order chi connectivity index (χ0) is 22.4. The number of aromatic hydroxyl groups is 1. The van der Waals surface area contributed by atoms with Gasteiger partial charge < -0.3 is 20.6 Å². The zero-order valence-electron chi connectivity index (χ0n) is 17.3. The maximum absolute atomic E-state index is 12.8. The lowest BCUT2D eigenvalue weighted by Gasteiger charge is -2.12. The Kier molecular flexibility index (Phi) is 10.8. The molecule has 0 unspecified atom stereocenters. The van der Waals surface area contributed by atoms with Crippen LogP contribution in [0.4, 0.5) is 0 Å². The second kappa shape index (κ2) is 12.5. The highest BCUT2D eigenvalue weighted by Crippen LogP contribution is 2.26. The second-order valence-electron chi connectivity index (χ2n) is 6.89. The van der Waals surface area contributed by atoms with Crippen molar-refractivity contribution in [3.8, 4) is 5.75 Å². The SMILES string of the molecule is Cl.Cl.O=C(O)c1cc(S(=O)(=O)c2ccc(CCNC[C@@H](O)c3cccnc3)cc2)ccc1O. The van der Waals surface area contributed by atoms with E-state index in [9.17, 15) is 23.4 Å². The summed E-state index contributed by atoms with van der Waals surface area (Å²) in [5, 5.41) is 31.9. The highest BCUT2D eigenvalue weighted by atomic mass is 35.5. The van der Waals surface area contributed by atoms with Gasteiger partial charge in [0.1, 0.15) is 11.3 Å². The van der Waals surface area contributed by atoms with Gasteiger partial charge in [0, 0.05) is 24.5 Å². The lowest BCUT2D eigenvalue weighted by atomic mass is 10.1. The minimum absolute atomic E-state index is 0. The van der Waals surface area contributed by atoms with E-state index in [1.807, 2.05) is 0 Å². The summed E-state index contributed by atoms with van der Waals surface area (Å²) in [5.41, 5.74) is 1.15. The summed E-state index contributed by atoms with van der Waals surface area (Å²) in [5.74, 6) is -1.91. The molecule has 3 aromatic rings. The fourth-order valence-electron chi connectivity index (χ4n) is 2.99. The highest BCUT2D eigenvalue weighted by Gasteiger charge is 2.21. The van der Waals surface area contributed by atoms with Gasteiger partial charge >= 0.3 is 5.97 Å². The standard InChI is InChI=1S/C22H22N2O6S.2ClH/c25-20-8-7-18(12-19(20)22(27)28)31(29,30)17-5-3-15(4-6-17)9-11-24-14-21(26)16-2-1-10-23-13-16;;/h1-8,10,12-13,21,24-26H,9,11,14H2,(H,27,28);2*1H/t21-;;/m1../s1. The molecule has 1 heterocycles. The minimum atomic E-state index is -3.92. The molecule has 1 atom stereocenters. The molecule has 178 valence electrons. The van der Waals surface area contributed by atoms with Gasteiger partial charge in [0.25, 0.3) is 0 Å². The molecular formula is C22H24Cl2N2O6S. The second-order valence-corrected chi connectivity index (χ2v) is 8.84. The lowest BCUT2D eigenvalue weighted by molar-refractivity contribution is 0.0693. The van der Waals surface area contributed by atoms with Crippen molar-refractivity contribution in [1.29, 1.82) is 0 Å². The predicted molar refractivity (Wildman–Crippen MR) is 127 cm³/mol. The summed E-state index contributed by atoms with van der Waals surface area (Å²) in [6, 6.07) is 13.0. The summed E-state index contributed by atoms with van der Waals surface area (Å²) in [4.78, 5) is 14.9. The predicted octanol–water partition coefficient (Wildman–Crippen LogP) is 3.03. The monoisotopic (exact) mass is 514 g/mol. The lowest BCUT2D eigenvalue weighted by Crippen LogP contribution is -2.23. The molecule has 8 nitrogen and oxygen atoms in total. The molecule has 0 saturated carbocycles. The molecule has 0 fully saturated rings. The molecule has 0 spiro atoms. The number of aromatic carboxylic acids is 1. The molecule has 33 heavy (non-hydrogen) atoms. The normalized spacial score (nSPS) is 11.7. The van der Waals surface area contributed by atoms with Crippen molar-refractivity contribution in [2.24, 2.45) is 0 Å². The number of hydrogen-bond donors (Lipinski definition) is 4. The summed E-state index contributed by atoms with van der Waals surface area (Å²) in [7, 11) is -3.92. The third-order valence-electron chi connectivity index (χ3n) is 4.74. The number of phenols is 1. The van der Waals surface area contributed by atoms with Crippen molar-refractivity contribution in [3.05, 3.63) is 83.7 Å². The number of carboxylic acid groups (broad SMARTS) is 1. The van der Waals surface area contributed by atoms with Crippen LogP contribution in [0.2, 0.25) is 0 Å². The van der Waals surface area contributed by atoms with Crippen molar-refractivity contribution in [1.82, 2.24) is 10.3 Å². The number of carboxylic acids is 1. The Bertz CT molecular complexity index is 1160. The van der Waals surface area contributed by atoms with E-state index in [-0.39, 0.29) is 34.6 Å². The van der Waals surface area contributed by atoms with Gasteiger partial charge in [-0.1, -0.05) is 18.2 Å². The Morgan fingerprint density at radius 2 is 1.70 bits per heavy atom. The topological polar surface area (TPSA) is 137 Å². The van der Waals surface area contributed by atoms with E-state index in [2.05, 4.69) is 10.3 Å². The van der Waals surface area contributed by atoms with Crippen molar-refractivity contribution in [3.63, 3.8) is 0 Å². The third kappa shape index (κ3) is 7.15. The van der Waals surface area contributed by atoms with Crippen LogP contribution in [-0.4, -0.2) is 47.8 Å². The molecule has 0 bridgehead atoms. The first-order valence-electron chi connectivity index (χ1n) is 9.48. The first-order valence-corrected chi connectivity index (χ1v) is 11.0. The van der Waals surface area contributed by atoms with Crippen LogP contribution in [0.15, 0.2) is 76.8 Å². The number of rotatable bonds is 9. The number of aliphatic hydroxyl groups excluding tert-OH is 1. The van der Waals surface area contributed by atoms with Crippen LogP contribution in [0.5, 0.6) is 5.75 Å². The van der Waals surface area contributed by atoms with Gasteiger partial charge in [0.05, 0.1) is 15.9 Å². The summed E-state index contributed by atoms with van der Waals surface area (Å²) < 4.78 is 25.6. The van der Waals surface area contributed by atoms with Crippen LogP contribution < -0.4 is 5.32 Å². The first kappa shape index (κ1) is 28.3. The molecule has 0 amide bonds. The quantitative estimate of drug-likeness (QED) is 0.319. The van der Waals surface area contributed by atoms with Crippen molar-refractivity contribution < 1.29 is 28.5 Å². The molecule has 0 aliphatic heterocycles. The number of pyridine rings is 1. The Balaban J connectivity index is 0.00000272. The number of halogens is 2. The number of nitrogens with one attached hydrogen (secondary N) is 1. The van der Waals surface area contributed by atoms with Crippen LogP contribution in [0, 0.1) is 0 Å². The molecule has 1 aromatic heterocycles. The molecule has 2 aromatic carbocycles. The Labute approximate surface area is 204 Å². The Hall–Kier alpha value is -2.69. The molecular weight excluding hydrogens is 491 g/mol. The van der Waals surface area contributed by atoms with Gasteiger partial charge in [0.2, 0.25) is 9.84 Å². The number of nitrogens with zero attached hydrogens (tertiary/aromatic N) is 1. The smallest absolute Gasteiger partial charge is 0.339 e. The summed E-state index contributed by atoms with van der Waals surface area (Å²) >= 11 is 0. The van der Waals surface area contributed by atoms with E-state index in [0.717, 1.165) is 23.3 Å². The van der Waals surface area contributed by atoms with Crippen molar-refractivity contribution in [2.75, 3.05) is 13.1 Å². The third-order valence-corrected chi connectivity index (χ3v) is 6.51. The maximum Gasteiger partial charge on any atom is 0.339 e. The van der Waals surface area contributed by atoms with Crippen LogP contribution in [-0.2, 0) is 16.3 Å². The molecule has 0 aliphatic rings. The van der Waals surface area contributed by atoms with E-state index < -0.39 is 33.2 Å². The average Bonchev–Trinajstić information content (AvgIpc) is 2.77. The number of hydrogen-bond acceptors (Lipinski definition) is 7. The van der Waals surface area contributed by atoms with Crippen molar-refractivity contribution >= 4 is 40.6 Å². The minimum Gasteiger partial charge on any atom is -0.507 e. The number of carbonyl (C=O) groups is 1. The average molecular weight is 515 g/mol.